The SMILES string of the molecule is Cc1ncc(NC(=O)Cc2ccn[nH]2)cn1. The van der Waals surface area contributed by atoms with Crippen LogP contribution < -0.4 is 5.32 Å². The monoisotopic (exact) mass is 217 g/mol. The van der Waals surface area contributed by atoms with Crippen molar-refractivity contribution in [2.45, 2.75) is 13.3 Å². The van der Waals surface area contributed by atoms with E-state index in [1.807, 2.05) is 0 Å². The highest BCUT2D eigenvalue weighted by molar-refractivity contribution is 5.91. The van der Waals surface area contributed by atoms with Gasteiger partial charge >= 0.3 is 0 Å². The number of carbonyl (C=O) groups excluding carboxylic acids is 1. The van der Waals surface area contributed by atoms with E-state index >= 15 is 0 Å². The summed E-state index contributed by atoms with van der Waals surface area (Å²) in [5.41, 5.74) is 1.36. The number of hydrogen-bond acceptors (Lipinski definition) is 4. The van der Waals surface area contributed by atoms with Gasteiger partial charge < -0.3 is 5.32 Å². The Balaban J connectivity index is 1.95. The van der Waals surface area contributed by atoms with Crippen LogP contribution in [-0.2, 0) is 11.2 Å². The highest BCUT2D eigenvalue weighted by Gasteiger charge is 2.05. The summed E-state index contributed by atoms with van der Waals surface area (Å²) in [6.45, 7) is 1.79. The summed E-state index contributed by atoms with van der Waals surface area (Å²) in [6.07, 6.45) is 5.02. The van der Waals surface area contributed by atoms with E-state index in [9.17, 15) is 4.79 Å². The third-order valence-electron chi connectivity index (χ3n) is 1.97. The van der Waals surface area contributed by atoms with Crippen LogP contribution in [0.15, 0.2) is 24.7 Å². The van der Waals surface area contributed by atoms with E-state index in [1.165, 1.54) is 0 Å². The topological polar surface area (TPSA) is 83.6 Å². The fourth-order valence-corrected chi connectivity index (χ4v) is 1.22. The smallest absolute Gasteiger partial charge is 0.230 e. The van der Waals surface area contributed by atoms with Crippen molar-refractivity contribution >= 4 is 11.6 Å². The summed E-state index contributed by atoms with van der Waals surface area (Å²) in [7, 11) is 0. The van der Waals surface area contributed by atoms with Crippen molar-refractivity contribution in [3.8, 4) is 0 Å². The molecular formula is C10H11N5O. The van der Waals surface area contributed by atoms with Gasteiger partial charge in [-0.2, -0.15) is 5.10 Å². The Bertz CT molecular complexity index is 462. The average molecular weight is 217 g/mol. The summed E-state index contributed by atoms with van der Waals surface area (Å²) >= 11 is 0. The van der Waals surface area contributed by atoms with Crippen LogP contribution in [-0.4, -0.2) is 26.1 Å². The minimum absolute atomic E-state index is 0.128. The molecule has 6 nitrogen and oxygen atoms in total. The average Bonchev–Trinajstić information content (AvgIpc) is 2.74. The zero-order chi connectivity index (χ0) is 11.4. The van der Waals surface area contributed by atoms with Crippen molar-refractivity contribution in [2.75, 3.05) is 5.32 Å². The van der Waals surface area contributed by atoms with Crippen molar-refractivity contribution in [3.63, 3.8) is 0 Å². The van der Waals surface area contributed by atoms with E-state index in [1.54, 1.807) is 31.6 Å². The molecule has 0 aromatic carbocycles. The second-order valence-electron chi connectivity index (χ2n) is 3.33. The molecule has 0 bridgehead atoms. The van der Waals surface area contributed by atoms with E-state index in [-0.39, 0.29) is 12.3 Å². The van der Waals surface area contributed by atoms with Gasteiger partial charge in [-0.25, -0.2) is 9.97 Å². The van der Waals surface area contributed by atoms with Gasteiger partial charge in [0, 0.05) is 11.9 Å². The summed E-state index contributed by atoms with van der Waals surface area (Å²) < 4.78 is 0. The predicted molar refractivity (Wildman–Crippen MR) is 57.7 cm³/mol. The number of hydrogen-bond donors (Lipinski definition) is 2. The molecule has 6 heteroatoms. The van der Waals surface area contributed by atoms with Gasteiger partial charge in [-0.3, -0.25) is 9.89 Å². The number of amides is 1. The number of aromatic nitrogens is 4. The summed E-state index contributed by atoms with van der Waals surface area (Å²) in [5.74, 6) is 0.545. The Morgan fingerprint density at radius 3 is 2.81 bits per heavy atom. The van der Waals surface area contributed by atoms with Crippen LogP contribution in [0.4, 0.5) is 5.69 Å². The molecule has 16 heavy (non-hydrogen) atoms. The third kappa shape index (κ3) is 2.63. The Kier molecular flexibility index (Phi) is 2.90. The predicted octanol–water partition coefficient (Wildman–Crippen LogP) is 0.689. The fourth-order valence-electron chi connectivity index (χ4n) is 1.22. The third-order valence-corrected chi connectivity index (χ3v) is 1.97. The van der Waals surface area contributed by atoms with Crippen LogP contribution in [0.25, 0.3) is 0 Å². The molecule has 2 aromatic rings. The molecular weight excluding hydrogens is 206 g/mol. The van der Waals surface area contributed by atoms with E-state index in [2.05, 4.69) is 25.5 Å². The number of aryl methyl sites for hydroxylation is 1. The number of aromatic amines is 1. The second-order valence-corrected chi connectivity index (χ2v) is 3.33. The fraction of sp³-hybridized carbons (Fsp3) is 0.200. The molecule has 0 fully saturated rings. The number of anilines is 1. The standard InChI is InChI=1S/C10H11N5O/c1-7-11-5-9(6-12-7)14-10(16)4-8-2-3-13-15-8/h2-3,5-6H,4H2,1H3,(H,13,15)(H,14,16). The Labute approximate surface area is 92.1 Å². The van der Waals surface area contributed by atoms with Gasteiger partial charge in [0.25, 0.3) is 0 Å². The molecule has 0 spiro atoms. The van der Waals surface area contributed by atoms with E-state index in [0.717, 1.165) is 5.69 Å². The molecule has 0 aliphatic heterocycles. The molecule has 0 aliphatic rings. The maximum Gasteiger partial charge on any atom is 0.230 e. The second kappa shape index (κ2) is 4.52. The van der Waals surface area contributed by atoms with Gasteiger partial charge in [0.05, 0.1) is 24.5 Å². The van der Waals surface area contributed by atoms with Crippen molar-refractivity contribution < 1.29 is 4.79 Å². The highest BCUT2D eigenvalue weighted by atomic mass is 16.1. The summed E-state index contributed by atoms with van der Waals surface area (Å²) in [6, 6.07) is 1.76. The highest BCUT2D eigenvalue weighted by Crippen LogP contribution is 2.03. The van der Waals surface area contributed by atoms with Crippen LogP contribution in [0, 0.1) is 6.92 Å². The minimum atomic E-state index is -0.128. The number of H-pyrrole nitrogens is 1. The van der Waals surface area contributed by atoms with E-state index in [0.29, 0.717) is 11.5 Å². The first kappa shape index (κ1) is 10.3. The molecule has 2 heterocycles. The van der Waals surface area contributed by atoms with Crippen LogP contribution in [0.2, 0.25) is 0 Å². The van der Waals surface area contributed by atoms with Gasteiger partial charge in [0.1, 0.15) is 5.82 Å². The zero-order valence-electron chi connectivity index (χ0n) is 8.77. The largest absolute Gasteiger partial charge is 0.323 e. The lowest BCUT2D eigenvalue weighted by molar-refractivity contribution is -0.115. The number of nitrogens with zero attached hydrogens (tertiary/aromatic N) is 3. The Morgan fingerprint density at radius 2 is 2.19 bits per heavy atom. The van der Waals surface area contributed by atoms with Gasteiger partial charge in [-0.05, 0) is 13.0 Å². The molecule has 0 radical (unpaired) electrons. The molecule has 0 saturated heterocycles. The maximum atomic E-state index is 11.6. The van der Waals surface area contributed by atoms with Crippen molar-refractivity contribution in [2.24, 2.45) is 0 Å². The van der Waals surface area contributed by atoms with Crippen LogP contribution >= 0.6 is 0 Å². The molecule has 2 rings (SSSR count). The normalized spacial score (nSPS) is 10.1. The number of rotatable bonds is 3. The lowest BCUT2D eigenvalue weighted by atomic mass is 10.3. The Morgan fingerprint density at radius 1 is 1.44 bits per heavy atom. The molecule has 0 saturated carbocycles. The first-order valence-corrected chi connectivity index (χ1v) is 4.81. The van der Waals surface area contributed by atoms with Crippen molar-refractivity contribution in [1.82, 2.24) is 20.2 Å². The molecule has 2 aromatic heterocycles. The molecule has 1 amide bonds. The Hall–Kier alpha value is -2.24. The first-order chi connectivity index (χ1) is 7.74. The van der Waals surface area contributed by atoms with Gasteiger partial charge in [0.15, 0.2) is 0 Å². The minimum Gasteiger partial charge on any atom is -0.323 e. The summed E-state index contributed by atoms with van der Waals surface area (Å²) in [4.78, 5) is 19.5. The van der Waals surface area contributed by atoms with Crippen LogP contribution in [0.5, 0.6) is 0 Å². The molecule has 82 valence electrons. The quantitative estimate of drug-likeness (QED) is 0.792. The summed E-state index contributed by atoms with van der Waals surface area (Å²) in [5, 5.41) is 9.18. The lowest BCUT2D eigenvalue weighted by Gasteiger charge is -2.03. The van der Waals surface area contributed by atoms with Crippen LogP contribution in [0.1, 0.15) is 11.5 Å². The van der Waals surface area contributed by atoms with Crippen LogP contribution in [0.3, 0.4) is 0 Å². The van der Waals surface area contributed by atoms with Gasteiger partial charge in [-0.1, -0.05) is 0 Å². The molecule has 0 atom stereocenters. The van der Waals surface area contributed by atoms with E-state index < -0.39 is 0 Å². The zero-order valence-corrected chi connectivity index (χ0v) is 8.77. The maximum absolute atomic E-state index is 11.6. The van der Waals surface area contributed by atoms with Crippen molar-refractivity contribution in [3.05, 3.63) is 36.2 Å². The molecule has 2 N–H and O–H groups in total. The van der Waals surface area contributed by atoms with Gasteiger partial charge in [0.2, 0.25) is 5.91 Å². The molecule has 0 unspecified atom stereocenters. The number of carbonyl (C=O) groups is 1. The number of nitrogens with one attached hydrogen (secondary N) is 2. The van der Waals surface area contributed by atoms with E-state index in [4.69, 9.17) is 0 Å². The molecule has 0 aliphatic carbocycles. The van der Waals surface area contributed by atoms with Gasteiger partial charge in [-0.15, -0.1) is 0 Å². The first-order valence-electron chi connectivity index (χ1n) is 4.81. The lowest BCUT2D eigenvalue weighted by Crippen LogP contribution is -2.15. The van der Waals surface area contributed by atoms with Crippen molar-refractivity contribution in [1.29, 1.82) is 0 Å².